The molecule has 10 heteroatoms. The first-order valence-corrected chi connectivity index (χ1v) is 11.4. The number of methoxy groups -OCH3 is 1. The lowest BCUT2D eigenvalue weighted by Gasteiger charge is -2.22. The first-order valence-electron chi connectivity index (χ1n) is 9.16. The predicted molar refractivity (Wildman–Crippen MR) is 120 cm³/mol. The summed E-state index contributed by atoms with van der Waals surface area (Å²) in [6, 6.07) is 13.0. The number of hydrogen-bond acceptors (Lipinski definition) is 6. The molecule has 4 aromatic rings. The van der Waals surface area contributed by atoms with Gasteiger partial charge >= 0.3 is 0 Å². The fourth-order valence-electron chi connectivity index (χ4n) is 3.21. The van der Waals surface area contributed by atoms with Gasteiger partial charge in [-0.15, -0.1) is 0 Å². The van der Waals surface area contributed by atoms with Crippen LogP contribution >= 0.6 is 15.9 Å². The van der Waals surface area contributed by atoms with E-state index in [1.165, 1.54) is 29.0 Å². The van der Waals surface area contributed by atoms with Crippen LogP contribution in [0.25, 0.3) is 10.8 Å². The van der Waals surface area contributed by atoms with E-state index in [0.717, 1.165) is 9.87 Å². The molecule has 0 amide bonds. The number of fused-ring (bicyclic) bond motifs is 1. The quantitative estimate of drug-likeness (QED) is 0.398. The second-order valence-corrected chi connectivity index (χ2v) is 9.53. The van der Waals surface area contributed by atoms with Gasteiger partial charge in [0.1, 0.15) is 12.0 Å². The maximum absolute atomic E-state index is 13.6. The number of aryl methyl sites for hydroxylation is 1. The van der Waals surface area contributed by atoms with Gasteiger partial charge in [-0.3, -0.25) is 4.79 Å². The van der Waals surface area contributed by atoms with Gasteiger partial charge < -0.3 is 13.8 Å². The van der Waals surface area contributed by atoms with Gasteiger partial charge in [-0.25, -0.2) is 12.7 Å². The Labute approximate surface area is 186 Å². The van der Waals surface area contributed by atoms with Gasteiger partial charge in [-0.1, -0.05) is 23.4 Å². The fraction of sp³-hybridized carbons (Fsp3) is 0.143. The third-order valence-electron chi connectivity index (χ3n) is 4.86. The second kappa shape index (κ2) is 8.20. The van der Waals surface area contributed by atoms with Gasteiger partial charge in [0.2, 0.25) is 0 Å². The minimum absolute atomic E-state index is 0.0212. The normalized spacial score (nSPS) is 11.6. The van der Waals surface area contributed by atoms with E-state index in [0.29, 0.717) is 21.0 Å². The Kier molecular flexibility index (Phi) is 5.59. The Morgan fingerprint density at radius 3 is 2.52 bits per heavy atom. The van der Waals surface area contributed by atoms with Crippen molar-refractivity contribution in [1.82, 2.24) is 9.72 Å². The second-order valence-electron chi connectivity index (χ2n) is 6.82. The highest BCUT2D eigenvalue weighted by Gasteiger charge is 2.28. The highest BCUT2D eigenvalue weighted by Crippen LogP contribution is 2.28. The number of nitrogens with zero attached hydrogens (tertiary/aromatic N) is 3. The molecule has 2 aromatic heterocycles. The minimum Gasteiger partial charge on any atom is -0.497 e. The summed E-state index contributed by atoms with van der Waals surface area (Å²) in [4.78, 5) is 12.6. The molecule has 0 fully saturated rings. The molecule has 0 radical (unpaired) electrons. The van der Waals surface area contributed by atoms with Crippen LogP contribution in [0.15, 0.2) is 79.7 Å². The Morgan fingerprint density at radius 2 is 1.87 bits per heavy atom. The number of aromatic nitrogens is 2. The van der Waals surface area contributed by atoms with Crippen LogP contribution in [0.4, 0.5) is 5.82 Å². The lowest BCUT2D eigenvalue weighted by atomic mass is 10.2. The van der Waals surface area contributed by atoms with Crippen molar-refractivity contribution in [3.63, 3.8) is 0 Å². The molecule has 0 spiro atoms. The number of sulfonamides is 1. The number of ether oxygens (including phenoxy) is 1. The topological polar surface area (TPSA) is 94.6 Å². The summed E-state index contributed by atoms with van der Waals surface area (Å²) in [5.41, 5.74) is 0.435. The summed E-state index contributed by atoms with van der Waals surface area (Å²) >= 11 is 3.42. The van der Waals surface area contributed by atoms with Crippen molar-refractivity contribution in [2.45, 2.75) is 11.4 Å². The summed E-state index contributed by atoms with van der Waals surface area (Å²) in [6.07, 6.45) is 2.95. The van der Waals surface area contributed by atoms with Crippen molar-refractivity contribution in [2.24, 2.45) is 7.05 Å². The number of rotatable bonds is 6. The standard InChI is InChI=1S/C21H18BrN3O5S/c1-24-13-19(22)17-8-7-16(11-18(17)21(24)26)31(27,28)25(20-9-10-30-23-20)12-14-3-5-15(29-2)6-4-14/h3-11,13H,12H2,1-2H3. The highest BCUT2D eigenvalue weighted by atomic mass is 79.9. The summed E-state index contributed by atoms with van der Waals surface area (Å²) in [6.45, 7) is 0.0212. The first kappa shape index (κ1) is 21.1. The molecule has 8 nitrogen and oxygen atoms in total. The van der Waals surface area contributed by atoms with Crippen LogP contribution in [0.3, 0.4) is 0 Å². The van der Waals surface area contributed by atoms with Crippen LogP contribution in [0.2, 0.25) is 0 Å². The van der Waals surface area contributed by atoms with Crippen LogP contribution in [0, 0.1) is 0 Å². The zero-order valence-electron chi connectivity index (χ0n) is 16.6. The van der Waals surface area contributed by atoms with Gasteiger partial charge in [-0.2, -0.15) is 0 Å². The Morgan fingerprint density at radius 1 is 1.13 bits per heavy atom. The third-order valence-corrected chi connectivity index (χ3v) is 7.24. The van der Waals surface area contributed by atoms with Crippen molar-refractivity contribution in [2.75, 3.05) is 11.4 Å². The molecule has 0 atom stereocenters. The van der Waals surface area contributed by atoms with E-state index in [1.54, 1.807) is 50.7 Å². The zero-order chi connectivity index (χ0) is 22.2. The third kappa shape index (κ3) is 3.96. The largest absolute Gasteiger partial charge is 0.497 e. The lowest BCUT2D eigenvalue weighted by Crippen LogP contribution is -2.31. The van der Waals surface area contributed by atoms with E-state index < -0.39 is 10.0 Å². The number of benzene rings is 2. The van der Waals surface area contributed by atoms with Crippen molar-refractivity contribution in [3.8, 4) is 5.75 Å². The number of hydrogen-bond donors (Lipinski definition) is 0. The monoisotopic (exact) mass is 503 g/mol. The van der Waals surface area contributed by atoms with Crippen LogP contribution in [-0.2, 0) is 23.6 Å². The van der Waals surface area contributed by atoms with Crippen LogP contribution in [0.1, 0.15) is 5.56 Å². The summed E-state index contributed by atoms with van der Waals surface area (Å²) in [5.74, 6) is 0.800. The van der Waals surface area contributed by atoms with Gasteiger partial charge in [0.15, 0.2) is 5.82 Å². The van der Waals surface area contributed by atoms with E-state index in [9.17, 15) is 13.2 Å². The zero-order valence-corrected chi connectivity index (χ0v) is 19.1. The maximum atomic E-state index is 13.6. The van der Waals surface area contributed by atoms with Crippen molar-refractivity contribution in [1.29, 1.82) is 0 Å². The average molecular weight is 504 g/mol. The molecule has 0 aliphatic rings. The Hall–Kier alpha value is -3.11. The van der Waals surface area contributed by atoms with E-state index in [2.05, 4.69) is 21.1 Å². The van der Waals surface area contributed by atoms with Crippen molar-refractivity contribution < 1.29 is 17.7 Å². The summed E-state index contributed by atoms with van der Waals surface area (Å²) < 4.78 is 40.4. The SMILES string of the molecule is COc1ccc(CN(c2ccon2)S(=O)(=O)c2ccc3c(Br)cn(C)c(=O)c3c2)cc1. The molecule has 160 valence electrons. The molecule has 0 aliphatic carbocycles. The number of anilines is 1. The molecule has 0 N–H and O–H groups in total. The Bertz CT molecular complexity index is 1400. The van der Waals surface area contributed by atoms with Crippen molar-refractivity contribution >= 4 is 42.5 Å². The average Bonchev–Trinajstić information content (AvgIpc) is 3.30. The predicted octanol–water partition coefficient (Wildman–Crippen LogP) is 3.69. The Balaban J connectivity index is 1.82. The lowest BCUT2D eigenvalue weighted by molar-refractivity contribution is 0.414. The molecule has 0 bridgehead atoms. The van der Waals surface area contributed by atoms with Crippen LogP contribution in [0.5, 0.6) is 5.75 Å². The molecule has 4 rings (SSSR count). The summed E-state index contributed by atoms with van der Waals surface area (Å²) in [5, 5.41) is 4.74. The van der Waals surface area contributed by atoms with E-state index in [-0.39, 0.29) is 22.8 Å². The van der Waals surface area contributed by atoms with Crippen LogP contribution in [-0.4, -0.2) is 25.3 Å². The van der Waals surface area contributed by atoms with Gasteiger partial charge in [0, 0.05) is 34.6 Å². The molecule has 2 heterocycles. The fourth-order valence-corrected chi connectivity index (χ4v) is 5.28. The molecule has 31 heavy (non-hydrogen) atoms. The van der Waals surface area contributed by atoms with Gasteiger partial charge in [-0.05, 0) is 45.8 Å². The smallest absolute Gasteiger partial charge is 0.265 e. The maximum Gasteiger partial charge on any atom is 0.265 e. The summed E-state index contributed by atoms with van der Waals surface area (Å²) in [7, 11) is -0.886. The number of halogens is 1. The van der Waals surface area contributed by atoms with Gasteiger partial charge in [0.05, 0.1) is 18.6 Å². The van der Waals surface area contributed by atoms with Gasteiger partial charge in [0.25, 0.3) is 15.6 Å². The molecule has 0 unspecified atom stereocenters. The van der Waals surface area contributed by atoms with E-state index >= 15 is 0 Å². The molecule has 2 aromatic carbocycles. The molecular formula is C21H18BrN3O5S. The van der Waals surface area contributed by atoms with Crippen LogP contribution < -0.4 is 14.6 Å². The highest BCUT2D eigenvalue weighted by molar-refractivity contribution is 9.10. The molecular weight excluding hydrogens is 486 g/mol. The van der Waals surface area contributed by atoms with E-state index in [1.807, 2.05) is 0 Å². The van der Waals surface area contributed by atoms with Crippen molar-refractivity contribution in [3.05, 3.63) is 81.4 Å². The molecule has 0 saturated heterocycles. The number of pyridine rings is 1. The van der Waals surface area contributed by atoms with E-state index in [4.69, 9.17) is 9.26 Å². The minimum atomic E-state index is -4.06. The molecule has 0 saturated carbocycles. The first-order chi connectivity index (χ1) is 14.8. The molecule has 0 aliphatic heterocycles.